The van der Waals surface area contributed by atoms with Gasteiger partial charge in [-0.3, -0.25) is 14.0 Å². The summed E-state index contributed by atoms with van der Waals surface area (Å²) < 4.78 is 13.4. The molecule has 0 N–H and O–H groups in total. The molecule has 1 aliphatic heterocycles. The Morgan fingerprint density at radius 2 is 2.08 bits per heavy atom. The molecule has 25 heavy (non-hydrogen) atoms. The summed E-state index contributed by atoms with van der Waals surface area (Å²) in [5, 5.41) is 4.46. The van der Waals surface area contributed by atoms with Crippen molar-refractivity contribution in [2.75, 3.05) is 37.8 Å². The maximum Gasteiger partial charge on any atom is 0.327 e. The van der Waals surface area contributed by atoms with Crippen LogP contribution < -0.4 is 10.5 Å². The van der Waals surface area contributed by atoms with Gasteiger partial charge in [0, 0.05) is 19.3 Å². The van der Waals surface area contributed by atoms with Gasteiger partial charge in [-0.1, -0.05) is 13.8 Å². The molecule has 0 spiro atoms. The van der Waals surface area contributed by atoms with E-state index in [4.69, 9.17) is 9.47 Å². The van der Waals surface area contributed by atoms with Crippen LogP contribution in [0.5, 0.6) is 0 Å². The average Bonchev–Trinajstić information content (AvgIpc) is 3.04. The summed E-state index contributed by atoms with van der Waals surface area (Å²) in [6.45, 7) is 8.57. The fourth-order valence-electron chi connectivity index (χ4n) is 2.88. The molecule has 0 aliphatic carbocycles. The molecule has 0 aromatic carbocycles. The summed E-state index contributed by atoms with van der Waals surface area (Å²) in [6, 6.07) is 1.88. The van der Waals surface area contributed by atoms with Gasteiger partial charge >= 0.3 is 5.97 Å². The van der Waals surface area contributed by atoms with Crippen molar-refractivity contribution in [1.82, 2.24) is 14.2 Å². The largest absolute Gasteiger partial charge is 0.465 e. The molecule has 3 heterocycles. The minimum Gasteiger partial charge on any atom is -0.465 e. The second-order valence-electron chi connectivity index (χ2n) is 6.35. The molecule has 136 valence electrons. The molecule has 8 heteroatoms. The number of anilines is 1. The first-order chi connectivity index (χ1) is 12.0. The fourth-order valence-corrected chi connectivity index (χ4v) is 2.88. The number of morpholine rings is 1. The molecule has 1 fully saturated rings. The highest BCUT2D eigenvalue weighted by Crippen LogP contribution is 2.21. The van der Waals surface area contributed by atoms with E-state index in [1.54, 1.807) is 6.92 Å². The van der Waals surface area contributed by atoms with Crippen LogP contribution in [0.3, 0.4) is 0 Å². The summed E-state index contributed by atoms with van der Waals surface area (Å²) in [4.78, 5) is 26.7. The van der Waals surface area contributed by atoms with E-state index in [1.807, 2.05) is 16.7 Å². The fraction of sp³-hybridized carbons (Fsp3) is 0.588. The van der Waals surface area contributed by atoms with Gasteiger partial charge in [0.05, 0.1) is 19.8 Å². The molecule has 0 atom stereocenters. The van der Waals surface area contributed by atoms with Crippen molar-refractivity contribution in [2.45, 2.75) is 33.2 Å². The minimum atomic E-state index is -0.468. The number of hydrogen-bond acceptors (Lipinski definition) is 6. The van der Waals surface area contributed by atoms with Gasteiger partial charge in [-0.05, 0) is 24.5 Å². The monoisotopic (exact) mass is 348 g/mol. The molecule has 0 unspecified atom stereocenters. The third-order valence-corrected chi connectivity index (χ3v) is 4.27. The van der Waals surface area contributed by atoms with Crippen molar-refractivity contribution in [3.05, 3.63) is 28.2 Å². The van der Waals surface area contributed by atoms with Crippen molar-refractivity contribution in [3.63, 3.8) is 0 Å². The van der Waals surface area contributed by atoms with E-state index in [-0.39, 0.29) is 24.6 Å². The number of carbonyl (C=O) groups excluding carboxylic acids is 1. The number of ether oxygens (including phenoxy) is 2. The van der Waals surface area contributed by atoms with Gasteiger partial charge in [0.1, 0.15) is 12.1 Å². The van der Waals surface area contributed by atoms with E-state index < -0.39 is 5.97 Å². The van der Waals surface area contributed by atoms with Crippen molar-refractivity contribution in [3.8, 4) is 0 Å². The van der Waals surface area contributed by atoms with Crippen LogP contribution in [0.25, 0.3) is 5.52 Å². The Morgan fingerprint density at radius 3 is 2.72 bits per heavy atom. The average molecular weight is 348 g/mol. The van der Waals surface area contributed by atoms with Gasteiger partial charge in [-0.25, -0.2) is 4.68 Å². The first-order valence-corrected chi connectivity index (χ1v) is 8.62. The van der Waals surface area contributed by atoms with E-state index in [2.05, 4.69) is 23.8 Å². The molecule has 0 amide bonds. The minimum absolute atomic E-state index is 0.192. The number of rotatable bonds is 5. The molecular formula is C17H24N4O4. The van der Waals surface area contributed by atoms with Crippen molar-refractivity contribution in [1.29, 1.82) is 0 Å². The highest BCUT2D eigenvalue weighted by molar-refractivity contribution is 5.69. The summed E-state index contributed by atoms with van der Waals surface area (Å²) in [6.07, 6.45) is 1.95. The van der Waals surface area contributed by atoms with Crippen molar-refractivity contribution >= 4 is 17.4 Å². The predicted octanol–water partition coefficient (Wildman–Crippen LogP) is 1.02. The zero-order chi connectivity index (χ0) is 18.0. The van der Waals surface area contributed by atoms with Crippen LogP contribution in [0, 0.1) is 0 Å². The molecule has 0 bridgehead atoms. The Labute approximate surface area is 145 Å². The number of nitrogens with zero attached hydrogens (tertiary/aromatic N) is 4. The number of aromatic nitrogens is 3. The van der Waals surface area contributed by atoms with Crippen LogP contribution in [0.15, 0.2) is 17.1 Å². The third-order valence-electron chi connectivity index (χ3n) is 4.27. The molecule has 1 aliphatic rings. The number of carbonyl (C=O) groups is 1. The van der Waals surface area contributed by atoms with Crippen LogP contribution in [-0.4, -0.2) is 53.1 Å². The summed E-state index contributed by atoms with van der Waals surface area (Å²) >= 11 is 0. The van der Waals surface area contributed by atoms with Gasteiger partial charge in [0.25, 0.3) is 5.56 Å². The van der Waals surface area contributed by atoms with Gasteiger partial charge in [-0.2, -0.15) is 0 Å². The van der Waals surface area contributed by atoms with Gasteiger partial charge in [0.2, 0.25) is 5.95 Å². The zero-order valence-electron chi connectivity index (χ0n) is 14.9. The molecule has 1 saturated heterocycles. The lowest BCUT2D eigenvalue weighted by Crippen LogP contribution is -2.40. The van der Waals surface area contributed by atoms with E-state index in [1.165, 1.54) is 4.68 Å². The summed E-state index contributed by atoms with van der Waals surface area (Å²) in [7, 11) is 0. The quantitative estimate of drug-likeness (QED) is 0.751. The van der Waals surface area contributed by atoms with Gasteiger partial charge in [0.15, 0.2) is 0 Å². The Morgan fingerprint density at radius 1 is 1.36 bits per heavy atom. The van der Waals surface area contributed by atoms with E-state index >= 15 is 0 Å². The molecule has 0 saturated carbocycles. The van der Waals surface area contributed by atoms with Crippen LogP contribution in [0.2, 0.25) is 0 Å². The smallest absolute Gasteiger partial charge is 0.327 e. The predicted molar refractivity (Wildman–Crippen MR) is 93.2 cm³/mol. The lowest BCUT2D eigenvalue weighted by atomic mass is 10.1. The van der Waals surface area contributed by atoms with Crippen LogP contribution in [0.1, 0.15) is 32.3 Å². The van der Waals surface area contributed by atoms with E-state index in [0.29, 0.717) is 37.8 Å². The Kier molecular flexibility index (Phi) is 5.08. The lowest BCUT2D eigenvalue weighted by Gasteiger charge is -2.28. The summed E-state index contributed by atoms with van der Waals surface area (Å²) in [5.74, 6) is 0.467. The first kappa shape index (κ1) is 17.5. The third kappa shape index (κ3) is 3.53. The second-order valence-corrected chi connectivity index (χ2v) is 6.35. The Balaban J connectivity index is 2.11. The van der Waals surface area contributed by atoms with Crippen molar-refractivity contribution < 1.29 is 14.3 Å². The summed E-state index contributed by atoms with van der Waals surface area (Å²) in [5.41, 5.74) is 1.28. The molecule has 2 aromatic heterocycles. The van der Waals surface area contributed by atoms with Crippen LogP contribution in [-0.2, 0) is 20.8 Å². The number of fused-ring (bicyclic) bond motifs is 1. The Bertz CT molecular complexity index is 818. The molecule has 8 nitrogen and oxygen atoms in total. The van der Waals surface area contributed by atoms with Crippen LogP contribution in [0.4, 0.5) is 5.95 Å². The maximum atomic E-state index is 12.8. The van der Waals surface area contributed by atoms with E-state index in [9.17, 15) is 9.59 Å². The molecular weight excluding hydrogens is 324 g/mol. The first-order valence-electron chi connectivity index (χ1n) is 8.62. The maximum absolute atomic E-state index is 12.8. The van der Waals surface area contributed by atoms with Crippen LogP contribution >= 0.6 is 0 Å². The SMILES string of the molecule is CCOC(=O)Cn1nc(N2CCOCC2)n2cc(C(C)C)cc2c1=O. The molecule has 3 rings (SSSR count). The van der Waals surface area contributed by atoms with Gasteiger partial charge in [-0.15, -0.1) is 5.10 Å². The standard InChI is InChI=1S/C17H24N4O4/c1-4-25-15(22)11-21-16(23)14-9-13(12(2)3)10-20(14)17(18-21)19-5-7-24-8-6-19/h9-10,12H,4-8,11H2,1-3H3. The van der Waals surface area contributed by atoms with Crippen molar-refractivity contribution in [2.24, 2.45) is 0 Å². The normalized spacial score (nSPS) is 15.1. The lowest BCUT2D eigenvalue weighted by molar-refractivity contribution is -0.144. The highest BCUT2D eigenvalue weighted by atomic mass is 16.5. The second kappa shape index (κ2) is 7.26. The highest BCUT2D eigenvalue weighted by Gasteiger charge is 2.21. The number of esters is 1. The molecule has 2 aromatic rings. The van der Waals surface area contributed by atoms with E-state index in [0.717, 1.165) is 5.56 Å². The topological polar surface area (TPSA) is 78.1 Å². The molecule has 0 radical (unpaired) electrons. The number of hydrogen-bond donors (Lipinski definition) is 0. The van der Waals surface area contributed by atoms with Gasteiger partial charge < -0.3 is 14.4 Å². The Hall–Kier alpha value is -2.35. The zero-order valence-corrected chi connectivity index (χ0v) is 14.9.